The van der Waals surface area contributed by atoms with Gasteiger partial charge >= 0.3 is 0 Å². The average molecular weight is 479 g/mol. The number of carbonyl (C=O) groups is 3. The van der Waals surface area contributed by atoms with E-state index in [9.17, 15) is 18.8 Å². The van der Waals surface area contributed by atoms with Gasteiger partial charge in [-0.25, -0.2) is 4.39 Å². The van der Waals surface area contributed by atoms with E-state index < -0.39 is 18.0 Å². The summed E-state index contributed by atoms with van der Waals surface area (Å²) >= 11 is 0. The van der Waals surface area contributed by atoms with Crippen molar-refractivity contribution in [3.63, 3.8) is 0 Å². The standard InChI is InChI=1S/C25H27FN6O3/c26-17-7-5-15(6-8-17)9-22(32-24(34)21-11-19(14-29-21)30-23(33)12-27)25(35)31-18-10-16-3-1-2-4-20(16)28-13-18/h1-8,10,13,19,21-22,29H,9,11-12,14,27H2,(H,30,33)(H,31,35)(H,32,34)/t19-,21+,22?/m1/s1. The predicted octanol–water partition coefficient (Wildman–Crippen LogP) is 0.845. The number of hydrogen-bond acceptors (Lipinski definition) is 6. The fourth-order valence-corrected chi connectivity index (χ4v) is 4.04. The van der Waals surface area contributed by atoms with Crippen LogP contribution in [0.25, 0.3) is 10.9 Å². The average Bonchev–Trinajstić information content (AvgIpc) is 3.33. The van der Waals surface area contributed by atoms with Gasteiger partial charge in [0.05, 0.1) is 30.0 Å². The van der Waals surface area contributed by atoms with Crippen LogP contribution in [-0.2, 0) is 20.8 Å². The molecule has 3 atom stereocenters. The number of anilines is 1. The molecule has 0 radical (unpaired) electrons. The Morgan fingerprint density at radius 2 is 1.91 bits per heavy atom. The molecule has 182 valence electrons. The highest BCUT2D eigenvalue weighted by Crippen LogP contribution is 2.17. The molecule has 0 aliphatic carbocycles. The van der Waals surface area contributed by atoms with Crippen LogP contribution < -0.4 is 27.0 Å². The fourth-order valence-electron chi connectivity index (χ4n) is 4.04. The Kier molecular flexibility index (Phi) is 7.64. The molecule has 0 spiro atoms. The van der Waals surface area contributed by atoms with E-state index in [-0.39, 0.29) is 36.6 Å². The van der Waals surface area contributed by atoms with Gasteiger partial charge in [0.1, 0.15) is 11.9 Å². The van der Waals surface area contributed by atoms with E-state index in [2.05, 4.69) is 26.3 Å². The first-order chi connectivity index (χ1) is 16.9. The van der Waals surface area contributed by atoms with E-state index in [1.165, 1.54) is 12.1 Å². The van der Waals surface area contributed by atoms with Crippen molar-refractivity contribution in [2.24, 2.45) is 5.73 Å². The maximum atomic E-state index is 13.4. The third kappa shape index (κ3) is 6.37. The largest absolute Gasteiger partial charge is 0.351 e. The molecule has 4 rings (SSSR count). The highest BCUT2D eigenvalue weighted by molar-refractivity contribution is 5.99. The summed E-state index contributed by atoms with van der Waals surface area (Å²) in [6.07, 6.45) is 2.09. The molecule has 1 aromatic heterocycles. The van der Waals surface area contributed by atoms with Crippen LogP contribution in [-0.4, -0.2) is 53.9 Å². The van der Waals surface area contributed by atoms with Crippen molar-refractivity contribution in [2.75, 3.05) is 18.4 Å². The zero-order chi connectivity index (χ0) is 24.8. The van der Waals surface area contributed by atoms with Gasteiger partial charge in [0.15, 0.2) is 0 Å². The van der Waals surface area contributed by atoms with Crippen LogP contribution in [0.15, 0.2) is 60.8 Å². The summed E-state index contributed by atoms with van der Waals surface area (Å²) in [5.41, 5.74) is 7.32. The maximum absolute atomic E-state index is 13.4. The molecule has 3 aromatic rings. The van der Waals surface area contributed by atoms with E-state index in [0.717, 1.165) is 10.9 Å². The number of para-hydroxylation sites is 1. The summed E-state index contributed by atoms with van der Waals surface area (Å²) in [5, 5.41) is 12.3. The Balaban J connectivity index is 1.47. The van der Waals surface area contributed by atoms with Crippen LogP contribution >= 0.6 is 0 Å². The van der Waals surface area contributed by atoms with Crippen LogP contribution in [0.3, 0.4) is 0 Å². The summed E-state index contributed by atoms with van der Waals surface area (Å²) in [4.78, 5) is 42.1. The van der Waals surface area contributed by atoms with Gasteiger partial charge in [-0.15, -0.1) is 0 Å². The van der Waals surface area contributed by atoms with Crippen LogP contribution in [0, 0.1) is 5.82 Å². The molecule has 1 fully saturated rings. The molecule has 0 bridgehead atoms. The lowest BCUT2D eigenvalue weighted by molar-refractivity contribution is -0.127. The van der Waals surface area contributed by atoms with Gasteiger partial charge in [-0.1, -0.05) is 30.3 Å². The minimum atomic E-state index is -0.918. The molecule has 1 aliphatic rings. The van der Waals surface area contributed by atoms with Gasteiger partial charge in [-0.05, 0) is 36.2 Å². The van der Waals surface area contributed by atoms with Crippen molar-refractivity contribution in [3.05, 3.63) is 72.2 Å². The third-order valence-electron chi connectivity index (χ3n) is 5.84. The molecule has 9 nitrogen and oxygen atoms in total. The summed E-state index contributed by atoms with van der Waals surface area (Å²) < 4.78 is 13.4. The van der Waals surface area contributed by atoms with Gasteiger partial charge in [0, 0.05) is 24.4 Å². The lowest BCUT2D eigenvalue weighted by atomic mass is 10.0. The van der Waals surface area contributed by atoms with Gasteiger partial charge in [0.25, 0.3) is 0 Å². The third-order valence-corrected chi connectivity index (χ3v) is 5.84. The maximum Gasteiger partial charge on any atom is 0.247 e. The molecule has 2 aromatic carbocycles. The Morgan fingerprint density at radius 1 is 1.14 bits per heavy atom. The van der Waals surface area contributed by atoms with Crippen LogP contribution in [0.5, 0.6) is 0 Å². The van der Waals surface area contributed by atoms with Gasteiger partial charge in [-0.2, -0.15) is 0 Å². The zero-order valence-corrected chi connectivity index (χ0v) is 19.0. The number of carbonyl (C=O) groups excluding carboxylic acids is 3. The van der Waals surface area contributed by atoms with Crippen LogP contribution in [0.2, 0.25) is 0 Å². The number of fused-ring (bicyclic) bond motifs is 1. The number of benzene rings is 2. The van der Waals surface area contributed by atoms with Crippen molar-refractivity contribution >= 4 is 34.3 Å². The Bertz CT molecular complexity index is 1220. The minimum absolute atomic E-state index is 0.128. The quantitative estimate of drug-likeness (QED) is 0.325. The first-order valence-electron chi connectivity index (χ1n) is 11.3. The minimum Gasteiger partial charge on any atom is -0.351 e. The highest BCUT2D eigenvalue weighted by atomic mass is 19.1. The number of pyridine rings is 1. The van der Waals surface area contributed by atoms with E-state index in [1.54, 1.807) is 24.4 Å². The van der Waals surface area contributed by atoms with Gasteiger partial charge in [0.2, 0.25) is 17.7 Å². The molecule has 6 N–H and O–H groups in total. The fraction of sp³-hybridized carbons (Fsp3) is 0.280. The number of halogens is 1. The summed E-state index contributed by atoms with van der Waals surface area (Å²) in [5.74, 6) is -1.48. The van der Waals surface area contributed by atoms with Crippen molar-refractivity contribution < 1.29 is 18.8 Å². The number of hydrogen-bond donors (Lipinski definition) is 5. The van der Waals surface area contributed by atoms with E-state index in [1.807, 2.05) is 24.3 Å². The Labute approximate surface area is 201 Å². The number of nitrogens with two attached hydrogens (primary N) is 1. The number of nitrogens with zero attached hydrogens (tertiary/aromatic N) is 1. The lowest BCUT2D eigenvalue weighted by Crippen LogP contribution is -2.50. The normalized spacial score (nSPS) is 18.1. The molecule has 1 saturated heterocycles. The SMILES string of the molecule is NCC(=O)N[C@H]1CN[C@H](C(=O)NC(Cc2ccc(F)cc2)C(=O)Nc2cnc3ccccc3c2)C1. The highest BCUT2D eigenvalue weighted by Gasteiger charge is 2.32. The van der Waals surface area contributed by atoms with E-state index in [0.29, 0.717) is 24.2 Å². The lowest BCUT2D eigenvalue weighted by Gasteiger charge is -2.21. The molecule has 1 unspecified atom stereocenters. The smallest absolute Gasteiger partial charge is 0.247 e. The summed E-state index contributed by atoms with van der Waals surface area (Å²) in [6.45, 7) is 0.290. The molecule has 0 saturated carbocycles. The first kappa shape index (κ1) is 24.2. The zero-order valence-electron chi connectivity index (χ0n) is 19.0. The molecular formula is C25H27FN6O3. The predicted molar refractivity (Wildman–Crippen MR) is 130 cm³/mol. The van der Waals surface area contributed by atoms with Gasteiger partial charge < -0.3 is 27.0 Å². The molecule has 2 heterocycles. The first-order valence-corrected chi connectivity index (χ1v) is 11.3. The Morgan fingerprint density at radius 3 is 2.69 bits per heavy atom. The van der Waals surface area contributed by atoms with Crippen molar-refractivity contribution in [3.8, 4) is 0 Å². The van der Waals surface area contributed by atoms with Gasteiger partial charge in [-0.3, -0.25) is 19.4 Å². The van der Waals surface area contributed by atoms with Crippen LogP contribution in [0.1, 0.15) is 12.0 Å². The van der Waals surface area contributed by atoms with Crippen LogP contribution in [0.4, 0.5) is 10.1 Å². The second-order valence-electron chi connectivity index (χ2n) is 8.46. The van der Waals surface area contributed by atoms with Crippen molar-refractivity contribution in [1.29, 1.82) is 0 Å². The summed E-state index contributed by atoms with van der Waals surface area (Å²) in [7, 11) is 0. The monoisotopic (exact) mass is 478 g/mol. The topological polar surface area (TPSA) is 138 Å². The number of aromatic nitrogens is 1. The molecule has 3 amide bonds. The number of amides is 3. The molecule has 1 aliphatic heterocycles. The van der Waals surface area contributed by atoms with Crippen molar-refractivity contribution in [2.45, 2.75) is 31.0 Å². The second kappa shape index (κ2) is 11.0. The number of rotatable bonds is 8. The molecule has 10 heteroatoms. The van der Waals surface area contributed by atoms with Crippen molar-refractivity contribution in [1.82, 2.24) is 20.9 Å². The van der Waals surface area contributed by atoms with E-state index in [4.69, 9.17) is 5.73 Å². The van der Waals surface area contributed by atoms with E-state index >= 15 is 0 Å². The number of nitrogens with one attached hydrogen (secondary N) is 4. The second-order valence-corrected chi connectivity index (χ2v) is 8.46. The summed E-state index contributed by atoms with van der Waals surface area (Å²) in [6, 6.07) is 13.4. The molecule has 35 heavy (non-hydrogen) atoms. The Hall–Kier alpha value is -3.89. The molecular weight excluding hydrogens is 451 g/mol.